The summed E-state index contributed by atoms with van der Waals surface area (Å²) in [7, 11) is 0. The molecule has 0 radical (unpaired) electrons. The zero-order chi connectivity index (χ0) is 19.6. The first-order valence-corrected chi connectivity index (χ1v) is 9.04. The molecule has 0 fully saturated rings. The number of hydrogen-bond donors (Lipinski definition) is 2. The summed E-state index contributed by atoms with van der Waals surface area (Å²) in [4.78, 5) is 17.0. The molecule has 1 aliphatic rings. The summed E-state index contributed by atoms with van der Waals surface area (Å²) in [6.45, 7) is 0.185. The van der Waals surface area contributed by atoms with Crippen LogP contribution in [0.5, 0.6) is 5.75 Å². The van der Waals surface area contributed by atoms with Gasteiger partial charge in [-0.1, -0.05) is 42.5 Å². The number of hydrogen-bond acceptors (Lipinski definition) is 7. The molecular weight excluding hydrogens is 372 g/mol. The Labute approximate surface area is 164 Å². The van der Waals surface area contributed by atoms with Gasteiger partial charge < -0.3 is 10.1 Å². The fraction of sp³-hybridized carbons (Fsp3) is 0.158. The van der Waals surface area contributed by atoms with Crippen molar-refractivity contribution in [3.63, 3.8) is 0 Å². The summed E-state index contributed by atoms with van der Waals surface area (Å²) < 4.78 is 7.39. The van der Waals surface area contributed by atoms with Gasteiger partial charge in [-0.25, -0.2) is 4.98 Å². The molecule has 29 heavy (non-hydrogen) atoms. The summed E-state index contributed by atoms with van der Waals surface area (Å²) in [5.74, 6) is 1.34. The first-order valence-electron chi connectivity index (χ1n) is 9.04. The van der Waals surface area contributed by atoms with Crippen LogP contribution in [0.15, 0.2) is 54.6 Å². The third kappa shape index (κ3) is 3.31. The monoisotopic (exact) mass is 388 g/mol. The highest BCUT2D eigenvalue weighted by Gasteiger charge is 2.29. The number of H-pyrrole nitrogens is 1. The largest absolute Gasteiger partial charge is 0.489 e. The van der Waals surface area contributed by atoms with Crippen molar-refractivity contribution >= 4 is 5.91 Å². The van der Waals surface area contributed by atoms with Gasteiger partial charge in [0, 0.05) is 6.42 Å². The summed E-state index contributed by atoms with van der Waals surface area (Å²) in [5, 5.41) is 21.5. The van der Waals surface area contributed by atoms with E-state index in [9.17, 15) is 4.79 Å². The molecule has 0 unspecified atom stereocenters. The Morgan fingerprint density at radius 3 is 2.90 bits per heavy atom. The van der Waals surface area contributed by atoms with Gasteiger partial charge in [0.1, 0.15) is 29.9 Å². The minimum Gasteiger partial charge on any atom is -0.489 e. The Kier molecular flexibility index (Phi) is 4.20. The fourth-order valence-electron chi connectivity index (χ4n) is 3.18. The average molecular weight is 388 g/mol. The Morgan fingerprint density at radius 1 is 1.17 bits per heavy atom. The Bertz CT molecular complexity index is 1150. The Balaban J connectivity index is 1.34. The second-order valence-electron chi connectivity index (χ2n) is 6.52. The molecule has 10 heteroatoms. The molecule has 2 N–H and O–H groups in total. The number of para-hydroxylation sites is 2. The summed E-state index contributed by atoms with van der Waals surface area (Å²) in [5.41, 5.74) is 1.79. The maximum absolute atomic E-state index is 12.7. The number of aromatic amines is 1. The number of ether oxygens (including phenoxy) is 1. The molecule has 0 aliphatic carbocycles. The number of fused-ring (bicyclic) bond motifs is 3. The van der Waals surface area contributed by atoms with E-state index in [0.29, 0.717) is 29.5 Å². The second kappa shape index (κ2) is 7.15. The smallest absolute Gasteiger partial charge is 0.291 e. The molecule has 5 rings (SSSR count). The maximum atomic E-state index is 12.7. The number of tetrazole rings is 1. The van der Waals surface area contributed by atoms with Crippen molar-refractivity contribution in [1.29, 1.82) is 0 Å². The van der Waals surface area contributed by atoms with Crippen molar-refractivity contribution in [2.45, 2.75) is 12.5 Å². The lowest BCUT2D eigenvalue weighted by Crippen LogP contribution is -2.34. The van der Waals surface area contributed by atoms with Crippen LogP contribution in [0.2, 0.25) is 0 Å². The van der Waals surface area contributed by atoms with Crippen molar-refractivity contribution in [3.05, 3.63) is 77.6 Å². The second-order valence-corrected chi connectivity index (χ2v) is 6.52. The molecule has 2 aromatic carbocycles. The quantitative estimate of drug-likeness (QED) is 0.539. The van der Waals surface area contributed by atoms with E-state index in [1.165, 1.54) is 0 Å². The Morgan fingerprint density at radius 2 is 2.00 bits per heavy atom. The minimum absolute atomic E-state index is 0.0525. The molecule has 0 saturated carbocycles. The van der Waals surface area contributed by atoms with Gasteiger partial charge in [0.05, 0.1) is 0 Å². The number of nitrogens with one attached hydrogen (secondary N) is 2. The molecule has 0 bridgehead atoms. The van der Waals surface area contributed by atoms with E-state index in [-0.39, 0.29) is 12.4 Å². The average Bonchev–Trinajstić information content (AvgIpc) is 3.39. The third-order valence-corrected chi connectivity index (χ3v) is 4.56. The van der Waals surface area contributed by atoms with Crippen LogP contribution in [0.3, 0.4) is 0 Å². The number of amides is 1. The molecule has 4 aromatic rings. The van der Waals surface area contributed by atoms with Crippen molar-refractivity contribution in [1.82, 2.24) is 40.7 Å². The van der Waals surface area contributed by atoms with Crippen LogP contribution >= 0.6 is 0 Å². The van der Waals surface area contributed by atoms with Crippen LogP contribution in [-0.2, 0) is 6.42 Å². The Hall–Kier alpha value is -4.08. The van der Waals surface area contributed by atoms with E-state index in [4.69, 9.17) is 4.74 Å². The first-order chi connectivity index (χ1) is 14.3. The van der Waals surface area contributed by atoms with Gasteiger partial charge >= 0.3 is 0 Å². The van der Waals surface area contributed by atoms with E-state index in [2.05, 4.69) is 36.0 Å². The lowest BCUT2D eigenvalue weighted by Gasteiger charge is -2.13. The van der Waals surface area contributed by atoms with Crippen LogP contribution in [0.4, 0.5) is 0 Å². The molecule has 2 aromatic heterocycles. The first kappa shape index (κ1) is 17.0. The van der Waals surface area contributed by atoms with Gasteiger partial charge in [0.25, 0.3) is 5.91 Å². The van der Waals surface area contributed by atoms with E-state index < -0.39 is 11.9 Å². The van der Waals surface area contributed by atoms with Gasteiger partial charge in [-0.3, -0.25) is 9.89 Å². The number of carbonyl (C=O) groups is 1. The van der Waals surface area contributed by atoms with Crippen LogP contribution in [0.25, 0.3) is 5.69 Å². The van der Waals surface area contributed by atoms with Crippen LogP contribution in [0, 0.1) is 0 Å². The number of benzene rings is 2. The van der Waals surface area contributed by atoms with Gasteiger partial charge in [0.15, 0.2) is 5.82 Å². The fourth-order valence-corrected chi connectivity index (χ4v) is 3.18. The molecule has 10 nitrogen and oxygen atoms in total. The van der Waals surface area contributed by atoms with E-state index in [1.54, 1.807) is 4.68 Å². The van der Waals surface area contributed by atoms with Gasteiger partial charge in [-0.2, -0.15) is 4.68 Å². The number of rotatable bonds is 4. The lowest BCUT2D eigenvalue weighted by atomic mass is 10.1. The van der Waals surface area contributed by atoms with Crippen LogP contribution in [0.1, 0.15) is 33.9 Å². The van der Waals surface area contributed by atoms with Crippen molar-refractivity contribution in [2.24, 2.45) is 0 Å². The molecular formula is C19H16N8O2. The van der Waals surface area contributed by atoms with Crippen molar-refractivity contribution in [3.8, 4) is 11.4 Å². The molecule has 144 valence electrons. The topological polar surface area (TPSA) is 123 Å². The lowest BCUT2D eigenvalue weighted by molar-refractivity contribution is 0.0909. The highest BCUT2D eigenvalue weighted by Crippen LogP contribution is 2.28. The highest BCUT2D eigenvalue weighted by atomic mass is 16.5. The van der Waals surface area contributed by atoms with E-state index >= 15 is 0 Å². The normalized spacial score (nSPS) is 15.0. The molecule has 1 atom stereocenters. The van der Waals surface area contributed by atoms with Gasteiger partial charge in [-0.05, 0) is 28.1 Å². The maximum Gasteiger partial charge on any atom is 0.291 e. The summed E-state index contributed by atoms with van der Waals surface area (Å²) >= 11 is 0. The minimum atomic E-state index is -0.555. The molecule has 1 amide bonds. The standard InChI is InChI=1S/C19H16N8O2/c28-19(17-21-16(22-23-17)10-12-6-2-1-3-7-12)20-13-11-29-15-9-5-4-8-14(15)27-18(13)24-25-26-27/h1-9,13H,10-11H2,(H,20,28)(H,21,22,23)/t13-/m0/s1. The van der Waals surface area contributed by atoms with Crippen molar-refractivity contribution in [2.75, 3.05) is 6.61 Å². The third-order valence-electron chi connectivity index (χ3n) is 4.56. The van der Waals surface area contributed by atoms with Gasteiger partial charge in [-0.15, -0.1) is 10.2 Å². The predicted molar refractivity (Wildman–Crippen MR) is 100 cm³/mol. The molecule has 0 spiro atoms. The predicted octanol–water partition coefficient (Wildman–Crippen LogP) is 1.23. The van der Waals surface area contributed by atoms with E-state index in [0.717, 1.165) is 5.56 Å². The molecule has 1 aliphatic heterocycles. The molecule has 0 saturated heterocycles. The highest BCUT2D eigenvalue weighted by molar-refractivity contribution is 5.90. The summed E-state index contributed by atoms with van der Waals surface area (Å²) in [6.07, 6.45) is 0.557. The van der Waals surface area contributed by atoms with Crippen LogP contribution in [-0.4, -0.2) is 47.9 Å². The SMILES string of the molecule is O=C(N[C@H]1COc2ccccc2-n2nnnc21)c1n[nH]c(Cc2ccccc2)n1. The number of carbonyl (C=O) groups excluding carboxylic acids is 1. The number of nitrogens with zero attached hydrogens (tertiary/aromatic N) is 6. The summed E-state index contributed by atoms with van der Waals surface area (Å²) in [6, 6.07) is 16.7. The zero-order valence-corrected chi connectivity index (χ0v) is 15.2. The zero-order valence-electron chi connectivity index (χ0n) is 15.2. The van der Waals surface area contributed by atoms with Gasteiger partial charge in [0.2, 0.25) is 5.82 Å². The van der Waals surface area contributed by atoms with Crippen molar-refractivity contribution < 1.29 is 9.53 Å². The van der Waals surface area contributed by atoms with E-state index in [1.807, 2.05) is 54.6 Å². The van der Waals surface area contributed by atoms with Crippen LogP contribution < -0.4 is 10.1 Å². The molecule has 3 heterocycles. The number of aromatic nitrogens is 7.